The number of aliphatic hydroxyl groups excluding tert-OH is 1. The maximum atomic E-state index is 11.7. The molecule has 0 aromatic rings. The van der Waals surface area contributed by atoms with Crippen molar-refractivity contribution in [1.82, 2.24) is 10.2 Å². The first-order chi connectivity index (χ1) is 7.93. The molecule has 3 N–H and O–H groups in total. The molecule has 3 atom stereocenters. The number of carboxylic acids is 1. The van der Waals surface area contributed by atoms with E-state index in [2.05, 4.69) is 5.32 Å². The van der Waals surface area contributed by atoms with E-state index in [-0.39, 0.29) is 12.2 Å². The van der Waals surface area contributed by atoms with Gasteiger partial charge in [0.05, 0.1) is 18.8 Å². The van der Waals surface area contributed by atoms with Crippen LogP contribution >= 0.6 is 0 Å². The van der Waals surface area contributed by atoms with E-state index in [1.54, 1.807) is 0 Å². The molecule has 0 aromatic carbocycles. The SMILES string of the molecule is CC1CN(C(=O)N[C@@H](CO)C(=O)O)CC(C)O1. The minimum Gasteiger partial charge on any atom is -0.480 e. The zero-order chi connectivity index (χ0) is 13.0. The van der Waals surface area contributed by atoms with Gasteiger partial charge in [0.25, 0.3) is 0 Å². The Hall–Kier alpha value is -1.34. The molecule has 0 aromatic heterocycles. The second-order valence-electron chi connectivity index (χ2n) is 4.19. The number of carbonyl (C=O) groups excluding carboxylic acids is 1. The Morgan fingerprint density at radius 3 is 2.35 bits per heavy atom. The molecule has 0 saturated carbocycles. The molecule has 98 valence electrons. The largest absolute Gasteiger partial charge is 0.480 e. The summed E-state index contributed by atoms with van der Waals surface area (Å²) in [5, 5.41) is 19.8. The molecular formula is C10H18N2O5. The van der Waals surface area contributed by atoms with Crippen LogP contribution in [0.3, 0.4) is 0 Å². The number of hydrogen-bond donors (Lipinski definition) is 3. The van der Waals surface area contributed by atoms with Gasteiger partial charge in [0, 0.05) is 13.1 Å². The first-order valence-electron chi connectivity index (χ1n) is 5.48. The fourth-order valence-electron chi connectivity index (χ4n) is 1.77. The normalized spacial score (nSPS) is 26.4. The number of nitrogens with one attached hydrogen (secondary N) is 1. The maximum Gasteiger partial charge on any atom is 0.328 e. The van der Waals surface area contributed by atoms with Crippen molar-refractivity contribution in [2.45, 2.75) is 32.1 Å². The van der Waals surface area contributed by atoms with E-state index < -0.39 is 24.6 Å². The molecule has 7 heteroatoms. The highest BCUT2D eigenvalue weighted by Crippen LogP contribution is 2.10. The fourth-order valence-corrected chi connectivity index (χ4v) is 1.77. The number of amides is 2. The molecule has 1 saturated heterocycles. The topological polar surface area (TPSA) is 99.1 Å². The lowest BCUT2D eigenvalue weighted by Gasteiger charge is -2.35. The number of morpholine rings is 1. The minimum atomic E-state index is -1.27. The van der Waals surface area contributed by atoms with Crippen LogP contribution in [0.5, 0.6) is 0 Å². The Morgan fingerprint density at radius 2 is 1.94 bits per heavy atom. The van der Waals surface area contributed by atoms with Crippen LogP contribution in [0, 0.1) is 0 Å². The van der Waals surface area contributed by atoms with E-state index in [0.29, 0.717) is 13.1 Å². The highest BCUT2D eigenvalue weighted by atomic mass is 16.5. The first-order valence-corrected chi connectivity index (χ1v) is 5.48. The number of rotatable bonds is 3. The smallest absolute Gasteiger partial charge is 0.328 e. The van der Waals surface area contributed by atoms with Gasteiger partial charge in [-0.1, -0.05) is 0 Å². The lowest BCUT2D eigenvalue weighted by Crippen LogP contribution is -2.55. The summed E-state index contributed by atoms with van der Waals surface area (Å²) in [6.07, 6.45) is -0.163. The van der Waals surface area contributed by atoms with Crippen molar-refractivity contribution in [1.29, 1.82) is 0 Å². The zero-order valence-electron chi connectivity index (χ0n) is 9.92. The summed E-state index contributed by atoms with van der Waals surface area (Å²) in [7, 11) is 0. The summed E-state index contributed by atoms with van der Waals surface area (Å²) in [5.74, 6) is -1.25. The Bertz CT molecular complexity index is 286. The van der Waals surface area contributed by atoms with Gasteiger partial charge >= 0.3 is 12.0 Å². The van der Waals surface area contributed by atoms with E-state index in [9.17, 15) is 9.59 Å². The molecule has 1 aliphatic rings. The van der Waals surface area contributed by atoms with E-state index in [1.807, 2.05) is 13.8 Å². The van der Waals surface area contributed by atoms with E-state index in [4.69, 9.17) is 14.9 Å². The van der Waals surface area contributed by atoms with Crippen LogP contribution in [-0.2, 0) is 9.53 Å². The quantitative estimate of drug-likeness (QED) is 0.608. The third-order valence-corrected chi connectivity index (χ3v) is 2.49. The molecule has 1 heterocycles. The highest BCUT2D eigenvalue weighted by molar-refractivity contribution is 5.82. The summed E-state index contributed by atoms with van der Waals surface area (Å²) in [6, 6.07) is -1.76. The Morgan fingerprint density at radius 1 is 1.41 bits per heavy atom. The zero-order valence-corrected chi connectivity index (χ0v) is 9.92. The number of aliphatic hydroxyl groups is 1. The number of hydrogen-bond acceptors (Lipinski definition) is 4. The number of ether oxygens (including phenoxy) is 1. The fraction of sp³-hybridized carbons (Fsp3) is 0.800. The van der Waals surface area contributed by atoms with Crippen LogP contribution in [0.15, 0.2) is 0 Å². The average molecular weight is 246 g/mol. The lowest BCUT2D eigenvalue weighted by atomic mass is 10.2. The van der Waals surface area contributed by atoms with E-state index >= 15 is 0 Å². The average Bonchev–Trinajstić information content (AvgIpc) is 2.23. The third-order valence-electron chi connectivity index (χ3n) is 2.49. The van der Waals surface area contributed by atoms with E-state index in [1.165, 1.54) is 4.90 Å². The molecule has 0 spiro atoms. The summed E-state index contributed by atoms with van der Waals surface area (Å²) in [6.45, 7) is 3.88. The predicted molar refractivity (Wildman–Crippen MR) is 58.6 cm³/mol. The van der Waals surface area contributed by atoms with Crippen molar-refractivity contribution >= 4 is 12.0 Å². The van der Waals surface area contributed by atoms with E-state index in [0.717, 1.165) is 0 Å². The number of carboxylic acid groups (broad SMARTS) is 1. The summed E-state index contributed by atoms with van der Waals surface area (Å²) in [5.41, 5.74) is 0. The molecule has 0 bridgehead atoms. The Labute approximate surface area is 99.4 Å². The van der Waals surface area contributed by atoms with Crippen molar-refractivity contribution in [3.63, 3.8) is 0 Å². The van der Waals surface area contributed by atoms with Crippen LogP contribution in [0.25, 0.3) is 0 Å². The predicted octanol–water partition coefficient (Wildman–Crippen LogP) is -0.749. The van der Waals surface area contributed by atoms with Crippen molar-refractivity contribution in [2.75, 3.05) is 19.7 Å². The van der Waals surface area contributed by atoms with Gasteiger partial charge in [-0.05, 0) is 13.8 Å². The third kappa shape index (κ3) is 3.86. The van der Waals surface area contributed by atoms with Gasteiger partial charge in [-0.15, -0.1) is 0 Å². The van der Waals surface area contributed by atoms with Gasteiger partial charge in [0.1, 0.15) is 0 Å². The Kier molecular flexibility index (Phi) is 4.71. The van der Waals surface area contributed by atoms with Crippen LogP contribution in [0.1, 0.15) is 13.8 Å². The van der Waals surface area contributed by atoms with Crippen LogP contribution in [-0.4, -0.2) is 65.1 Å². The van der Waals surface area contributed by atoms with Gasteiger partial charge in [0.2, 0.25) is 0 Å². The lowest BCUT2D eigenvalue weighted by molar-refractivity contribution is -0.140. The molecule has 17 heavy (non-hydrogen) atoms. The molecule has 1 fully saturated rings. The van der Waals surface area contributed by atoms with Crippen molar-refractivity contribution in [3.8, 4) is 0 Å². The van der Waals surface area contributed by atoms with Crippen LogP contribution in [0.4, 0.5) is 4.79 Å². The molecular weight excluding hydrogens is 228 g/mol. The first kappa shape index (κ1) is 13.7. The number of nitrogens with zero attached hydrogens (tertiary/aromatic N) is 1. The van der Waals surface area contributed by atoms with Crippen molar-refractivity contribution in [2.24, 2.45) is 0 Å². The standard InChI is InChI=1S/C10H18N2O5/c1-6-3-12(4-7(2)17-6)10(16)11-8(5-13)9(14)15/h6-8,13H,3-5H2,1-2H3,(H,11,16)(H,14,15)/t6?,7?,8-/m0/s1. The van der Waals surface area contributed by atoms with Crippen LogP contribution in [0.2, 0.25) is 0 Å². The summed E-state index contributed by atoms with van der Waals surface area (Å²) < 4.78 is 5.46. The number of aliphatic carboxylic acids is 1. The van der Waals surface area contributed by atoms with Crippen molar-refractivity contribution < 1.29 is 24.5 Å². The second kappa shape index (κ2) is 5.83. The number of carbonyl (C=O) groups is 2. The molecule has 1 aliphatic heterocycles. The van der Waals surface area contributed by atoms with Gasteiger partial charge in [0.15, 0.2) is 6.04 Å². The number of urea groups is 1. The molecule has 0 radical (unpaired) electrons. The monoisotopic (exact) mass is 246 g/mol. The minimum absolute atomic E-state index is 0.0816. The van der Waals surface area contributed by atoms with Gasteiger partial charge in [-0.2, -0.15) is 0 Å². The van der Waals surface area contributed by atoms with Crippen LogP contribution < -0.4 is 5.32 Å². The highest BCUT2D eigenvalue weighted by Gasteiger charge is 2.28. The second-order valence-corrected chi connectivity index (χ2v) is 4.19. The molecule has 2 unspecified atom stereocenters. The van der Waals surface area contributed by atoms with Crippen molar-refractivity contribution in [3.05, 3.63) is 0 Å². The van der Waals surface area contributed by atoms with Gasteiger partial charge < -0.3 is 25.2 Å². The summed E-state index contributed by atoms with van der Waals surface area (Å²) in [4.78, 5) is 23.9. The Balaban J connectivity index is 2.54. The van der Waals surface area contributed by atoms with Gasteiger partial charge in [-0.25, -0.2) is 9.59 Å². The maximum absolute atomic E-state index is 11.7. The molecule has 2 amide bonds. The molecule has 1 rings (SSSR count). The van der Waals surface area contributed by atoms with Gasteiger partial charge in [-0.3, -0.25) is 0 Å². The molecule has 7 nitrogen and oxygen atoms in total. The molecule has 0 aliphatic carbocycles. The summed E-state index contributed by atoms with van der Waals surface area (Å²) >= 11 is 0.